The van der Waals surface area contributed by atoms with Gasteiger partial charge in [0, 0.05) is 66.5 Å². The molecular formula is C27H25F3N4O. The Hall–Kier alpha value is -3.65. The monoisotopic (exact) mass is 478 g/mol. The number of benzene rings is 2. The summed E-state index contributed by atoms with van der Waals surface area (Å²) in [5, 5.41) is 9.88. The van der Waals surface area contributed by atoms with Crippen LogP contribution in [-0.4, -0.2) is 31.1 Å². The second-order valence-electron chi connectivity index (χ2n) is 8.95. The molecule has 1 aliphatic heterocycles. The smallest absolute Gasteiger partial charge is 0.416 e. The van der Waals surface area contributed by atoms with Crippen molar-refractivity contribution in [2.45, 2.75) is 39.5 Å². The number of phenols is 1. The molecule has 0 aliphatic carbocycles. The number of aromatic nitrogens is 3. The highest BCUT2D eigenvalue weighted by atomic mass is 19.4. The van der Waals surface area contributed by atoms with Crippen LogP contribution in [0.15, 0.2) is 60.8 Å². The van der Waals surface area contributed by atoms with Crippen molar-refractivity contribution >= 4 is 0 Å². The van der Waals surface area contributed by atoms with Gasteiger partial charge in [-0.05, 0) is 49.7 Å². The van der Waals surface area contributed by atoms with Crippen molar-refractivity contribution in [3.05, 3.63) is 94.6 Å². The number of aryl methyl sites for hydroxylation is 1. The van der Waals surface area contributed by atoms with E-state index in [1.807, 2.05) is 12.1 Å². The molecule has 2 aromatic carbocycles. The van der Waals surface area contributed by atoms with Crippen LogP contribution in [0.5, 0.6) is 5.75 Å². The fourth-order valence-electron chi connectivity index (χ4n) is 4.72. The fourth-order valence-corrected chi connectivity index (χ4v) is 4.72. The molecule has 4 aromatic rings. The molecule has 1 aliphatic rings. The van der Waals surface area contributed by atoms with E-state index in [1.165, 1.54) is 17.7 Å². The lowest BCUT2D eigenvalue weighted by Gasteiger charge is -2.28. The van der Waals surface area contributed by atoms with E-state index in [-0.39, 0.29) is 5.75 Å². The van der Waals surface area contributed by atoms with E-state index in [0.717, 1.165) is 60.0 Å². The van der Waals surface area contributed by atoms with Gasteiger partial charge in [-0.1, -0.05) is 18.2 Å². The first-order chi connectivity index (χ1) is 16.7. The predicted molar refractivity (Wildman–Crippen MR) is 127 cm³/mol. The van der Waals surface area contributed by atoms with Gasteiger partial charge in [0.05, 0.1) is 11.3 Å². The molecule has 5 rings (SSSR count). The lowest BCUT2D eigenvalue weighted by molar-refractivity contribution is -0.137. The SMILES string of the molecule is Cc1cc(CN2CCc3nc(-c4ccc(C(F)(F)F)cc4)ncc3C2)c(C)n1-c1cccc(O)c1. The first kappa shape index (κ1) is 23.1. The molecule has 35 heavy (non-hydrogen) atoms. The molecule has 0 amide bonds. The number of aromatic hydroxyl groups is 1. The number of hydrogen-bond donors (Lipinski definition) is 1. The maximum Gasteiger partial charge on any atom is 0.416 e. The van der Waals surface area contributed by atoms with Crippen LogP contribution < -0.4 is 0 Å². The molecule has 0 unspecified atom stereocenters. The highest BCUT2D eigenvalue weighted by Gasteiger charge is 2.30. The second-order valence-corrected chi connectivity index (χ2v) is 8.95. The van der Waals surface area contributed by atoms with Gasteiger partial charge in [-0.25, -0.2) is 9.97 Å². The molecule has 0 bridgehead atoms. The second kappa shape index (κ2) is 8.85. The Kier molecular flexibility index (Phi) is 5.84. The van der Waals surface area contributed by atoms with Gasteiger partial charge >= 0.3 is 6.18 Å². The molecule has 0 saturated carbocycles. The minimum absolute atomic E-state index is 0.236. The highest BCUT2D eigenvalue weighted by Crippen LogP contribution is 2.31. The van der Waals surface area contributed by atoms with E-state index in [1.54, 1.807) is 18.3 Å². The largest absolute Gasteiger partial charge is 0.508 e. The summed E-state index contributed by atoms with van der Waals surface area (Å²) in [5.74, 6) is 0.681. The fraction of sp³-hybridized carbons (Fsp3) is 0.259. The van der Waals surface area contributed by atoms with Gasteiger partial charge in [0.25, 0.3) is 0 Å². The summed E-state index contributed by atoms with van der Waals surface area (Å²) in [4.78, 5) is 11.4. The third-order valence-electron chi connectivity index (χ3n) is 6.50. The molecule has 1 N–H and O–H groups in total. The lowest BCUT2D eigenvalue weighted by Crippen LogP contribution is -2.31. The summed E-state index contributed by atoms with van der Waals surface area (Å²) in [6.45, 7) is 6.45. The van der Waals surface area contributed by atoms with E-state index in [4.69, 9.17) is 0 Å². The predicted octanol–water partition coefficient (Wildman–Crippen LogP) is 5.83. The highest BCUT2D eigenvalue weighted by molar-refractivity contribution is 5.56. The molecule has 0 saturated heterocycles. The van der Waals surface area contributed by atoms with E-state index in [2.05, 4.69) is 39.3 Å². The maximum atomic E-state index is 12.8. The van der Waals surface area contributed by atoms with E-state index < -0.39 is 11.7 Å². The molecule has 2 aromatic heterocycles. The maximum absolute atomic E-state index is 12.8. The average Bonchev–Trinajstić information content (AvgIpc) is 3.10. The van der Waals surface area contributed by atoms with Gasteiger partial charge in [0.2, 0.25) is 0 Å². The molecule has 0 spiro atoms. The van der Waals surface area contributed by atoms with Crippen molar-refractivity contribution in [3.8, 4) is 22.8 Å². The summed E-state index contributed by atoms with van der Waals surface area (Å²) in [7, 11) is 0. The van der Waals surface area contributed by atoms with Crippen molar-refractivity contribution in [2.75, 3.05) is 6.54 Å². The third-order valence-corrected chi connectivity index (χ3v) is 6.50. The van der Waals surface area contributed by atoms with E-state index in [9.17, 15) is 18.3 Å². The van der Waals surface area contributed by atoms with Gasteiger partial charge in [-0.2, -0.15) is 13.2 Å². The molecule has 5 nitrogen and oxygen atoms in total. The zero-order valence-electron chi connectivity index (χ0n) is 19.5. The van der Waals surface area contributed by atoms with Crippen LogP contribution in [0.3, 0.4) is 0 Å². The third kappa shape index (κ3) is 4.66. The Morgan fingerprint density at radius 2 is 1.80 bits per heavy atom. The first-order valence-electron chi connectivity index (χ1n) is 11.4. The summed E-state index contributed by atoms with van der Waals surface area (Å²) < 4.78 is 40.7. The number of nitrogens with zero attached hydrogens (tertiary/aromatic N) is 4. The topological polar surface area (TPSA) is 54.2 Å². The number of hydrogen-bond acceptors (Lipinski definition) is 4. The average molecular weight is 479 g/mol. The van der Waals surface area contributed by atoms with Crippen LogP contribution in [-0.2, 0) is 25.7 Å². The first-order valence-corrected chi connectivity index (χ1v) is 11.4. The van der Waals surface area contributed by atoms with Crippen LogP contribution in [0.1, 0.15) is 33.8 Å². The Labute approximate surface area is 201 Å². The number of phenolic OH excluding ortho intramolecular Hbond substituents is 1. The molecule has 8 heteroatoms. The van der Waals surface area contributed by atoms with Crippen LogP contribution in [0.25, 0.3) is 17.1 Å². The van der Waals surface area contributed by atoms with Crippen molar-refractivity contribution in [1.29, 1.82) is 0 Å². The van der Waals surface area contributed by atoms with E-state index >= 15 is 0 Å². The molecule has 0 atom stereocenters. The zero-order valence-corrected chi connectivity index (χ0v) is 19.5. The quantitative estimate of drug-likeness (QED) is 0.401. The van der Waals surface area contributed by atoms with Crippen LogP contribution in [0.2, 0.25) is 0 Å². The van der Waals surface area contributed by atoms with Gasteiger partial charge in [-0.15, -0.1) is 0 Å². The van der Waals surface area contributed by atoms with Crippen molar-refractivity contribution in [2.24, 2.45) is 0 Å². The van der Waals surface area contributed by atoms with Gasteiger partial charge in [0.15, 0.2) is 5.82 Å². The van der Waals surface area contributed by atoms with E-state index in [0.29, 0.717) is 17.9 Å². The standard InChI is InChI=1S/C27H25F3N4O/c1-17-12-20(18(2)34(17)23-4-3-5-24(35)13-23)15-33-11-10-25-21(16-33)14-31-26(32-25)19-6-8-22(9-7-19)27(28,29)30/h3-9,12-14,35H,10-11,15-16H2,1-2H3. The molecule has 0 radical (unpaired) electrons. The van der Waals surface area contributed by atoms with Gasteiger partial charge in [0.1, 0.15) is 5.75 Å². The molecule has 180 valence electrons. The van der Waals surface area contributed by atoms with Crippen LogP contribution >= 0.6 is 0 Å². The Morgan fingerprint density at radius 3 is 2.51 bits per heavy atom. The molecule has 3 heterocycles. The zero-order chi connectivity index (χ0) is 24.7. The number of rotatable bonds is 4. The minimum Gasteiger partial charge on any atom is -0.508 e. The lowest BCUT2D eigenvalue weighted by atomic mass is 10.1. The summed E-state index contributed by atoms with van der Waals surface area (Å²) in [6, 6.07) is 14.4. The van der Waals surface area contributed by atoms with Gasteiger partial charge in [-0.3, -0.25) is 4.90 Å². The summed E-state index contributed by atoms with van der Waals surface area (Å²) in [6.07, 6.45) is -1.83. The Morgan fingerprint density at radius 1 is 1.03 bits per heavy atom. The normalized spacial score (nSPS) is 14.2. The Bertz CT molecular complexity index is 1380. The van der Waals surface area contributed by atoms with Crippen molar-refractivity contribution in [1.82, 2.24) is 19.4 Å². The summed E-state index contributed by atoms with van der Waals surface area (Å²) in [5.41, 5.74) is 6.25. The van der Waals surface area contributed by atoms with Crippen molar-refractivity contribution < 1.29 is 18.3 Å². The number of alkyl halides is 3. The summed E-state index contributed by atoms with van der Waals surface area (Å²) >= 11 is 0. The van der Waals surface area contributed by atoms with Crippen LogP contribution in [0.4, 0.5) is 13.2 Å². The number of halogens is 3. The number of fused-ring (bicyclic) bond motifs is 1. The molecular weight excluding hydrogens is 453 g/mol. The Balaban J connectivity index is 1.32. The van der Waals surface area contributed by atoms with Crippen molar-refractivity contribution in [3.63, 3.8) is 0 Å². The van der Waals surface area contributed by atoms with Crippen LogP contribution in [0, 0.1) is 13.8 Å². The van der Waals surface area contributed by atoms with Gasteiger partial charge < -0.3 is 9.67 Å². The molecule has 0 fully saturated rings. The minimum atomic E-state index is -4.36.